The van der Waals surface area contributed by atoms with E-state index in [1.165, 1.54) is 20.3 Å². The minimum absolute atomic E-state index is 0.0336. The number of hydrogen-bond donors (Lipinski definition) is 3. The van der Waals surface area contributed by atoms with Crippen molar-refractivity contribution >= 4 is 29.3 Å². The number of nitrogens with one attached hydrogen (secondary N) is 3. The number of nitrogens with zero attached hydrogens (tertiary/aromatic N) is 1. The van der Waals surface area contributed by atoms with Crippen LogP contribution in [0, 0.1) is 0 Å². The fourth-order valence-electron chi connectivity index (χ4n) is 2.56. The molecule has 10 heteroatoms. The number of ether oxygens (including phenoxy) is 2. The van der Waals surface area contributed by atoms with Crippen LogP contribution in [0.2, 0.25) is 0 Å². The number of methoxy groups -OCH3 is 2. The van der Waals surface area contributed by atoms with Crippen LogP contribution in [0.1, 0.15) is 18.5 Å². The molecule has 0 unspecified atom stereocenters. The predicted molar refractivity (Wildman–Crippen MR) is 109 cm³/mol. The molecule has 2 amide bonds. The molecule has 3 N–H and O–H groups in total. The lowest BCUT2D eigenvalue weighted by Crippen LogP contribution is -2.28. The number of amides is 2. The number of benzene rings is 1. The Morgan fingerprint density at radius 3 is 2.62 bits per heavy atom. The van der Waals surface area contributed by atoms with Crippen LogP contribution < -0.4 is 25.7 Å². The van der Waals surface area contributed by atoms with Crippen molar-refractivity contribution in [3.63, 3.8) is 0 Å². The topological polar surface area (TPSA) is 122 Å². The Labute approximate surface area is 171 Å². The van der Waals surface area contributed by atoms with E-state index in [0.717, 1.165) is 24.6 Å². The van der Waals surface area contributed by atoms with E-state index in [0.29, 0.717) is 22.9 Å². The molecule has 2 aromatic rings. The summed E-state index contributed by atoms with van der Waals surface area (Å²) in [7, 11) is 3.05. The molecule has 0 bridgehead atoms. The molecule has 1 aromatic heterocycles. The molecular formula is C19H22N4O5S. The number of hydrogen-bond acceptors (Lipinski definition) is 7. The standard InChI is InChI=1S/C19H22N4O5S/c1-27-14-6-5-12(7-15(14)28-2)21-18(26)10-29-19-22-13(9-17(25)23-19)8-16(24)20-11-3-4-11/h5-7,9,11H,3-4,8,10H2,1-2H3,(H,20,24)(H,21,26)(H,22,23,25). The van der Waals surface area contributed by atoms with Crippen molar-refractivity contribution in [2.75, 3.05) is 25.3 Å². The number of thioether (sulfide) groups is 1. The zero-order valence-corrected chi connectivity index (χ0v) is 16.9. The molecule has 1 fully saturated rings. The number of anilines is 1. The van der Waals surface area contributed by atoms with Crippen LogP contribution in [-0.2, 0) is 16.0 Å². The Hall–Kier alpha value is -3.01. The van der Waals surface area contributed by atoms with Crippen molar-refractivity contribution in [2.24, 2.45) is 0 Å². The van der Waals surface area contributed by atoms with Crippen LogP contribution in [-0.4, -0.2) is 47.8 Å². The van der Waals surface area contributed by atoms with E-state index in [1.807, 2.05) is 0 Å². The summed E-state index contributed by atoms with van der Waals surface area (Å²) in [6.07, 6.45) is 2.02. The van der Waals surface area contributed by atoms with E-state index < -0.39 is 0 Å². The minimum atomic E-state index is -0.364. The van der Waals surface area contributed by atoms with Gasteiger partial charge in [-0.3, -0.25) is 14.4 Å². The Bertz CT molecular complexity index is 958. The van der Waals surface area contributed by atoms with E-state index >= 15 is 0 Å². The summed E-state index contributed by atoms with van der Waals surface area (Å²) in [4.78, 5) is 42.8. The Morgan fingerprint density at radius 1 is 1.17 bits per heavy atom. The average Bonchev–Trinajstić information content (AvgIpc) is 3.49. The lowest BCUT2D eigenvalue weighted by molar-refractivity contribution is -0.120. The Balaban J connectivity index is 1.56. The third-order valence-corrected chi connectivity index (χ3v) is 4.94. The molecule has 0 spiro atoms. The smallest absolute Gasteiger partial charge is 0.251 e. The molecule has 0 aliphatic heterocycles. The van der Waals surface area contributed by atoms with Gasteiger partial charge in [-0.1, -0.05) is 11.8 Å². The number of H-pyrrole nitrogens is 1. The second-order valence-corrected chi connectivity index (χ2v) is 7.43. The highest BCUT2D eigenvalue weighted by molar-refractivity contribution is 7.99. The highest BCUT2D eigenvalue weighted by Crippen LogP contribution is 2.29. The van der Waals surface area contributed by atoms with E-state index in [2.05, 4.69) is 20.6 Å². The molecule has 1 aliphatic carbocycles. The lowest BCUT2D eigenvalue weighted by atomic mass is 10.2. The summed E-state index contributed by atoms with van der Waals surface area (Å²) >= 11 is 1.08. The van der Waals surface area contributed by atoms with Crippen LogP contribution in [0.3, 0.4) is 0 Å². The molecule has 1 heterocycles. The molecule has 29 heavy (non-hydrogen) atoms. The fraction of sp³-hybridized carbons (Fsp3) is 0.368. The number of carbonyl (C=O) groups is 2. The normalized spacial score (nSPS) is 12.9. The van der Waals surface area contributed by atoms with Gasteiger partial charge in [0.1, 0.15) is 0 Å². The van der Waals surface area contributed by atoms with Gasteiger partial charge in [-0.05, 0) is 25.0 Å². The van der Waals surface area contributed by atoms with Gasteiger partial charge in [-0.25, -0.2) is 4.98 Å². The maximum absolute atomic E-state index is 12.2. The molecule has 154 valence electrons. The van der Waals surface area contributed by atoms with Crippen LogP contribution >= 0.6 is 11.8 Å². The van der Waals surface area contributed by atoms with Crippen molar-refractivity contribution in [1.29, 1.82) is 0 Å². The predicted octanol–water partition coefficient (Wildman–Crippen LogP) is 1.34. The van der Waals surface area contributed by atoms with E-state index in [9.17, 15) is 14.4 Å². The number of rotatable bonds is 9. The second kappa shape index (κ2) is 9.46. The van der Waals surface area contributed by atoms with E-state index in [1.54, 1.807) is 18.2 Å². The molecule has 3 rings (SSSR count). The van der Waals surface area contributed by atoms with Crippen LogP contribution in [0.25, 0.3) is 0 Å². The zero-order valence-electron chi connectivity index (χ0n) is 16.1. The van der Waals surface area contributed by atoms with Gasteiger partial charge < -0.3 is 25.1 Å². The van der Waals surface area contributed by atoms with Crippen LogP contribution in [0.4, 0.5) is 5.69 Å². The third kappa shape index (κ3) is 6.24. The van der Waals surface area contributed by atoms with Gasteiger partial charge in [0.25, 0.3) is 5.56 Å². The Kier molecular flexibility index (Phi) is 6.76. The minimum Gasteiger partial charge on any atom is -0.493 e. The SMILES string of the molecule is COc1ccc(NC(=O)CSc2nc(CC(=O)NC3CC3)cc(=O)[nH]2)cc1OC. The summed E-state index contributed by atoms with van der Waals surface area (Å²) in [5.74, 6) is 0.662. The molecule has 0 radical (unpaired) electrons. The highest BCUT2D eigenvalue weighted by Gasteiger charge is 2.23. The largest absolute Gasteiger partial charge is 0.493 e. The third-order valence-electron chi connectivity index (χ3n) is 4.06. The second-order valence-electron chi connectivity index (χ2n) is 6.47. The number of aromatic amines is 1. The first-order valence-electron chi connectivity index (χ1n) is 9.01. The molecule has 1 aromatic carbocycles. The number of aromatic nitrogens is 2. The van der Waals surface area contributed by atoms with Gasteiger partial charge in [-0.2, -0.15) is 0 Å². The average molecular weight is 418 g/mol. The molecular weight excluding hydrogens is 396 g/mol. The maximum atomic E-state index is 12.2. The van der Waals surface area contributed by atoms with Gasteiger partial charge >= 0.3 is 0 Å². The molecule has 0 saturated heterocycles. The monoisotopic (exact) mass is 418 g/mol. The fourth-order valence-corrected chi connectivity index (χ4v) is 3.25. The summed E-state index contributed by atoms with van der Waals surface area (Å²) in [5, 5.41) is 5.89. The lowest BCUT2D eigenvalue weighted by Gasteiger charge is -2.10. The highest BCUT2D eigenvalue weighted by atomic mass is 32.2. The van der Waals surface area contributed by atoms with E-state index in [-0.39, 0.29) is 40.7 Å². The van der Waals surface area contributed by atoms with Crippen molar-refractivity contribution in [1.82, 2.24) is 15.3 Å². The molecule has 1 saturated carbocycles. The first-order valence-corrected chi connectivity index (χ1v) is 9.99. The van der Waals surface area contributed by atoms with Gasteiger partial charge in [0.2, 0.25) is 11.8 Å². The van der Waals surface area contributed by atoms with Crippen molar-refractivity contribution < 1.29 is 19.1 Å². The summed E-state index contributed by atoms with van der Waals surface area (Å²) in [5.41, 5.74) is 0.562. The van der Waals surface area contributed by atoms with Gasteiger partial charge in [0.15, 0.2) is 16.7 Å². The van der Waals surface area contributed by atoms with Gasteiger partial charge in [0.05, 0.1) is 32.1 Å². The zero-order chi connectivity index (χ0) is 20.8. The summed E-state index contributed by atoms with van der Waals surface area (Å²) < 4.78 is 10.4. The maximum Gasteiger partial charge on any atom is 0.251 e. The van der Waals surface area contributed by atoms with Crippen molar-refractivity contribution in [3.8, 4) is 11.5 Å². The van der Waals surface area contributed by atoms with Crippen LogP contribution in [0.15, 0.2) is 34.2 Å². The molecule has 1 aliphatic rings. The van der Waals surface area contributed by atoms with Gasteiger partial charge in [-0.15, -0.1) is 0 Å². The summed E-state index contributed by atoms with van der Waals surface area (Å²) in [6, 6.07) is 6.58. The molecule has 9 nitrogen and oxygen atoms in total. The first-order chi connectivity index (χ1) is 14.0. The first kappa shape index (κ1) is 20.7. The molecule has 0 atom stereocenters. The summed E-state index contributed by atoms with van der Waals surface area (Å²) in [6.45, 7) is 0. The van der Waals surface area contributed by atoms with Gasteiger partial charge in [0, 0.05) is 23.9 Å². The van der Waals surface area contributed by atoms with E-state index in [4.69, 9.17) is 9.47 Å². The quantitative estimate of drug-likeness (QED) is 0.415. The van der Waals surface area contributed by atoms with Crippen molar-refractivity contribution in [2.45, 2.75) is 30.5 Å². The Morgan fingerprint density at radius 2 is 1.93 bits per heavy atom. The number of carbonyl (C=O) groups excluding carboxylic acids is 2. The van der Waals surface area contributed by atoms with Crippen molar-refractivity contribution in [3.05, 3.63) is 40.3 Å². The van der Waals surface area contributed by atoms with Crippen LogP contribution in [0.5, 0.6) is 11.5 Å².